The Balaban J connectivity index is 2.13. The number of benzene rings is 3. The van der Waals surface area contributed by atoms with Crippen LogP contribution < -0.4 is 9.62 Å². The number of carbonyl (C=O) groups is 2. The summed E-state index contributed by atoms with van der Waals surface area (Å²) in [6.45, 7) is 4.87. The third-order valence-corrected chi connectivity index (χ3v) is 8.85. The zero-order valence-electron chi connectivity index (χ0n) is 23.4. The molecule has 3 aromatic carbocycles. The number of nitrogens with zero attached hydrogens (tertiary/aromatic N) is 2. The second-order valence-corrected chi connectivity index (χ2v) is 13.1. The highest BCUT2D eigenvalue weighted by molar-refractivity contribution is 7.92. The van der Waals surface area contributed by atoms with Gasteiger partial charge in [-0.25, -0.2) is 8.42 Å². The van der Waals surface area contributed by atoms with Crippen LogP contribution in [0.5, 0.6) is 0 Å². The first-order valence-corrected chi connectivity index (χ1v) is 16.1. The molecule has 3 rings (SSSR count). The van der Waals surface area contributed by atoms with Crippen molar-refractivity contribution in [1.82, 2.24) is 10.2 Å². The highest BCUT2D eigenvalue weighted by atomic mass is 35.5. The van der Waals surface area contributed by atoms with Crippen LogP contribution in [0.15, 0.2) is 66.7 Å². The van der Waals surface area contributed by atoms with E-state index in [1.165, 1.54) is 11.0 Å². The normalized spacial score (nSPS) is 12.9. The number of rotatable bonds is 12. The topological polar surface area (TPSA) is 86.8 Å². The van der Waals surface area contributed by atoms with Crippen molar-refractivity contribution in [2.45, 2.75) is 52.2 Å². The minimum absolute atomic E-state index is 0.116. The molecule has 0 aliphatic rings. The van der Waals surface area contributed by atoms with Gasteiger partial charge in [0, 0.05) is 39.6 Å². The van der Waals surface area contributed by atoms with Crippen molar-refractivity contribution in [3.63, 3.8) is 0 Å². The van der Waals surface area contributed by atoms with Gasteiger partial charge < -0.3 is 10.2 Å². The number of hydrogen-bond donors (Lipinski definition) is 1. The predicted octanol–water partition coefficient (Wildman–Crippen LogP) is 6.28. The first-order valence-electron chi connectivity index (χ1n) is 13.1. The summed E-state index contributed by atoms with van der Waals surface area (Å²) in [6.07, 6.45) is 1.89. The van der Waals surface area contributed by atoms with E-state index in [0.717, 1.165) is 16.1 Å². The summed E-state index contributed by atoms with van der Waals surface area (Å²) in [5.41, 5.74) is 2.16. The second-order valence-electron chi connectivity index (χ2n) is 9.95. The van der Waals surface area contributed by atoms with Crippen LogP contribution in [0.2, 0.25) is 15.1 Å². The van der Waals surface area contributed by atoms with Crippen LogP contribution in [-0.2, 0) is 32.6 Å². The van der Waals surface area contributed by atoms with Crippen molar-refractivity contribution >= 4 is 62.3 Å². The molecule has 0 heterocycles. The molecule has 41 heavy (non-hydrogen) atoms. The zero-order valence-corrected chi connectivity index (χ0v) is 26.5. The summed E-state index contributed by atoms with van der Waals surface area (Å²) in [5, 5.41) is 3.95. The third-order valence-electron chi connectivity index (χ3n) is 6.78. The van der Waals surface area contributed by atoms with Crippen molar-refractivity contribution in [1.29, 1.82) is 0 Å². The van der Waals surface area contributed by atoms with E-state index in [0.29, 0.717) is 32.6 Å². The Morgan fingerprint density at radius 2 is 1.59 bits per heavy atom. The highest BCUT2D eigenvalue weighted by Crippen LogP contribution is 2.29. The molecule has 0 aliphatic heterocycles. The molecule has 0 saturated heterocycles. The monoisotopic (exact) mass is 637 g/mol. The summed E-state index contributed by atoms with van der Waals surface area (Å²) in [5.74, 6) is -0.976. The van der Waals surface area contributed by atoms with Gasteiger partial charge in [0.1, 0.15) is 12.6 Å². The molecule has 3 aromatic rings. The van der Waals surface area contributed by atoms with Gasteiger partial charge in [0.05, 0.1) is 11.9 Å². The molecular weight excluding hydrogens is 605 g/mol. The maximum Gasteiger partial charge on any atom is 0.244 e. The molecule has 1 N–H and O–H groups in total. The Kier molecular flexibility index (Phi) is 11.5. The molecule has 2 atom stereocenters. The molecular formula is C30H34Cl3N3O4S. The lowest BCUT2D eigenvalue weighted by atomic mass is 10.0. The van der Waals surface area contributed by atoms with Crippen LogP contribution in [0.25, 0.3) is 0 Å². The molecule has 0 bridgehead atoms. The number of halogens is 3. The van der Waals surface area contributed by atoms with Gasteiger partial charge >= 0.3 is 0 Å². The van der Waals surface area contributed by atoms with Crippen LogP contribution in [0.4, 0.5) is 5.69 Å². The van der Waals surface area contributed by atoms with Crippen LogP contribution in [0.3, 0.4) is 0 Å². The molecule has 0 unspecified atom stereocenters. The van der Waals surface area contributed by atoms with E-state index in [4.69, 9.17) is 34.8 Å². The zero-order chi connectivity index (χ0) is 30.3. The van der Waals surface area contributed by atoms with Gasteiger partial charge in [0.2, 0.25) is 21.8 Å². The molecule has 2 amide bonds. The Morgan fingerprint density at radius 3 is 2.17 bits per heavy atom. The Labute approximate surface area is 257 Å². The van der Waals surface area contributed by atoms with Crippen molar-refractivity contribution in [2.75, 3.05) is 17.1 Å². The van der Waals surface area contributed by atoms with Gasteiger partial charge in [0.25, 0.3) is 0 Å². The lowest BCUT2D eigenvalue weighted by Crippen LogP contribution is -2.54. The van der Waals surface area contributed by atoms with Crippen LogP contribution in [0.1, 0.15) is 37.0 Å². The molecule has 0 radical (unpaired) electrons. The summed E-state index contributed by atoms with van der Waals surface area (Å²) in [7, 11) is -3.93. The number of amides is 2. The highest BCUT2D eigenvalue weighted by Gasteiger charge is 2.34. The lowest BCUT2D eigenvalue weighted by molar-refractivity contribution is -0.140. The van der Waals surface area contributed by atoms with Gasteiger partial charge in [-0.1, -0.05) is 84.2 Å². The molecule has 11 heteroatoms. The van der Waals surface area contributed by atoms with Gasteiger partial charge in [-0.3, -0.25) is 13.9 Å². The first-order chi connectivity index (χ1) is 19.3. The fourth-order valence-corrected chi connectivity index (χ4v) is 5.88. The minimum atomic E-state index is -3.93. The summed E-state index contributed by atoms with van der Waals surface area (Å²) >= 11 is 19.2. The third kappa shape index (κ3) is 8.85. The van der Waals surface area contributed by atoms with E-state index in [1.807, 2.05) is 44.2 Å². The summed E-state index contributed by atoms with van der Waals surface area (Å²) < 4.78 is 27.0. The largest absolute Gasteiger partial charge is 0.352 e. The number of hydrogen-bond acceptors (Lipinski definition) is 4. The Bertz CT molecular complexity index is 1470. The number of anilines is 1. The lowest BCUT2D eigenvalue weighted by Gasteiger charge is -2.34. The fraction of sp³-hybridized carbons (Fsp3) is 0.333. The van der Waals surface area contributed by atoms with Crippen molar-refractivity contribution < 1.29 is 18.0 Å². The SMILES string of the molecule is CC[C@@H](C)NC(=O)[C@@H](Cc1ccccc1)N(Cc1c(Cl)cccc1Cl)C(=O)CN(c1cc(Cl)ccc1C)S(C)(=O)=O. The minimum Gasteiger partial charge on any atom is -0.352 e. The Hall–Kier alpha value is -2.78. The summed E-state index contributed by atoms with van der Waals surface area (Å²) in [4.78, 5) is 29.3. The quantitative estimate of drug-likeness (QED) is 0.253. The second kappa shape index (κ2) is 14.4. The predicted molar refractivity (Wildman–Crippen MR) is 167 cm³/mol. The van der Waals surface area contributed by atoms with Crippen molar-refractivity contribution in [3.8, 4) is 0 Å². The number of carbonyl (C=O) groups excluding carboxylic acids is 2. The van der Waals surface area contributed by atoms with Gasteiger partial charge in [-0.2, -0.15) is 0 Å². The van der Waals surface area contributed by atoms with Gasteiger partial charge in [-0.15, -0.1) is 0 Å². The van der Waals surface area contributed by atoms with Crippen LogP contribution in [-0.4, -0.2) is 50.0 Å². The first kappa shape index (κ1) is 32.7. The maximum atomic E-state index is 14.2. The molecule has 220 valence electrons. The average Bonchev–Trinajstić information content (AvgIpc) is 2.91. The van der Waals surface area contributed by atoms with Crippen LogP contribution in [0, 0.1) is 6.92 Å². The molecule has 0 aromatic heterocycles. The van der Waals surface area contributed by atoms with E-state index in [-0.39, 0.29) is 30.6 Å². The Morgan fingerprint density at radius 1 is 0.951 bits per heavy atom. The average molecular weight is 639 g/mol. The molecule has 7 nitrogen and oxygen atoms in total. The fourth-order valence-electron chi connectivity index (χ4n) is 4.29. The molecule has 0 spiro atoms. The van der Waals surface area contributed by atoms with Crippen LogP contribution >= 0.6 is 34.8 Å². The molecule has 0 fully saturated rings. The number of aryl methyl sites for hydroxylation is 1. The molecule has 0 aliphatic carbocycles. The van der Waals surface area contributed by atoms with E-state index in [9.17, 15) is 18.0 Å². The van der Waals surface area contributed by atoms with Gasteiger partial charge in [-0.05, 0) is 55.7 Å². The summed E-state index contributed by atoms with van der Waals surface area (Å²) in [6, 6.07) is 18.0. The smallest absolute Gasteiger partial charge is 0.244 e. The van der Waals surface area contributed by atoms with E-state index in [2.05, 4.69) is 5.32 Å². The standard InChI is InChI=1S/C30H34Cl3N3O4S/c1-5-21(3)34-30(38)28(16-22-10-7-6-8-11-22)35(18-24-25(32)12-9-13-26(24)33)29(37)19-36(41(4,39)40)27-17-23(31)15-14-20(27)2/h6-15,17,21,28H,5,16,18-19H2,1-4H3,(H,34,38)/t21-,28-/m1/s1. The van der Waals surface area contributed by atoms with E-state index < -0.39 is 28.5 Å². The number of nitrogens with one attached hydrogen (secondary N) is 1. The van der Waals surface area contributed by atoms with Crippen molar-refractivity contribution in [2.24, 2.45) is 0 Å². The van der Waals surface area contributed by atoms with Crippen molar-refractivity contribution in [3.05, 3.63) is 98.5 Å². The van der Waals surface area contributed by atoms with Gasteiger partial charge in [0.15, 0.2) is 0 Å². The molecule has 0 saturated carbocycles. The van der Waals surface area contributed by atoms with E-state index in [1.54, 1.807) is 37.3 Å². The van der Waals surface area contributed by atoms with E-state index >= 15 is 0 Å². The maximum absolute atomic E-state index is 14.2. The number of sulfonamides is 1.